The summed E-state index contributed by atoms with van der Waals surface area (Å²) in [6.07, 6.45) is 0.826. The number of hydrogen-bond acceptors (Lipinski definition) is 1. The normalized spacial score (nSPS) is 10.3. The molecule has 0 fully saturated rings. The molecular weight excluding hydrogens is 215 g/mol. The van der Waals surface area contributed by atoms with Crippen LogP contribution in [0.25, 0.3) is 11.1 Å². The Morgan fingerprint density at radius 3 is 2.35 bits per heavy atom. The van der Waals surface area contributed by atoms with Crippen LogP contribution in [0.5, 0.6) is 0 Å². The van der Waals surface area contributed by atoms with Gasteiger partial charge in [-0.1, -0.05) is 18.2 Å². The summed E-state index contributed by atoms with van der Waals surface area (Å²) in [6.45, 7) is 3.69. The lowest BCUT2D eigenvalue weighted by atomic mass is 9.97. The molecule has 0 aliphatic heterocycles. The molecule has 0 atom stereocenters. The standard InChI is InChI=1S/C15H13FO/c1-10-7-12(9-17)3-5-14(10)13-4-6-15(16)11(2)8-13/h3-9H,1-2H3. The van der Waals surface area contributed by atoms with Crippen molar-refractivity contribution >= 4 is 6.29 Å². The molecule has 0 radical (unpaired) electrons. The number of carbonyl (C=O) groups excluding carboxylic acids is 1. The van der Waals surface area contributed by atoms with Crippen molar-refractivity contribution in [3.63, 3.8) is 0 Å². The summed E-state index contributed by atoms with van der Waals surface area (Å²) >= 11 is 0. The maximum absolute atomic E-state index is 13.2. The molecule has 0 spiro atoms. The van der Waals surface area contributed by atoms with Crippen LogP contribution in [0, 0.1) is 19.7 Å². The van der Waals surface area contributed by atoms with Crippen LogP contribution in [0.15, 0.2) is 36.4 Å². The van der Waals surface area contributed by atoms with E-state index in [4.69, 9.17) is 0 Å². The quantitative estimate of drug-likeness (QED) is 0.712. The Bertz CT molecular complexity index is 573. The van der Waals surface area contributed by atoms with E-state index in [1.54, 1.807) is 19.1 Å². The third-order valence-electron chi connectivity index (χ3n) is 2.86. The molecule has 0 bridgehead atoms. The van der Waals surface area contributed by atoms with Gasteiger partial charge in [-0.2, -0.15) is 0 Å². The van der Waals surface area contributed by atoms with Crippen molar-refractivity contribution in [1.29, 1.82) is 0 Å². The number of benzene rings is 2. The lowest BCUT2D eigenvalue weighted by Gasteiger charge is -2.08. The second-order valence-electron chi connectivity index (χ2n) is 4.16. The molecule has 0 amide bonds. The Morgan fingerprint density at radius 2 is 1.76 bits per heavy atom. The van der Waals surface area contributed by atoms with E-state index in [1.807, 2.05) is 25.1 Å². The summed E-state index contributed by atoms with van der Waals surface area (Å²) in [4.78, 5) is 10.7. The molecule has 0 N–H and O–H groups in total. The van der Waals surface area contributed by atoms with Gasteiger partial charge in [-0.15, -0.1) is 0 Å². The Kier molecular flexibility index (Phi) is 3.05. The van der Waals surface area contributed by atoms with E-state index in [0.29, 0.717) is 11.1 Å². The maximum Gasteiger partial charge on any atom is 0.150 e. The third-order valence-corrected chi connectivity index (χ3v) is 2.86. The fourth-order valence-electron chi connectivity index (χ4n) is 1.90. The van der Waals surface area contributed by atoms with Gasteiger partial charge in [0.15, 0.2) is 0 Å². The molecule has 0 heterocycles. The molecule has 2 rings (SSSR count). The van der Waals surface area contributed by atoms with Gasteiger partial charge in [0.05, 0.1) is 0 Å². The van der Waals surface area contributed by atoms with Crippen LogP contribution in [0.3, 0.4) is 0 Å². The highest BCUT2D eigenvalue weighted by Crippen LogP contribution is 2.25. The number of aryl methyl sites for hydroxylation is 2. The van der Waals surface area contributed by atoms with Crippen LogP contribution in [-0.4, -0.2) is 6.29 Å². The number of hydrogen-bond donors (Lipinski definition) is 0. The molecule has 17 heavy (non-hydrogen) atoms. The maximum atomic E-state index is 13.2. The van der Waals surface area contributed by atoms with Crippen LogP contribution in [-0.2, 0) is 0 Å². The van der Waals surface area contributed by atoms with Crippen molar-refractivity contribution in [2.45, 2.75) is 13.8 Å². The fraction of sp³-hybridized carbons (Fsp3) is 0.133. The molecule has 0 saturated carbocycles. The van der Waals surface area contributed by atoms with E-state index in [1.165, 1.54) is 6.07 Å². The van der Waals surface area contributed by atoms with E-state index in [2.05, 4.69) is 0 Å². The van der Waals surface area contributed by atoms with Crippen molar-refractivity contribution < 1.29 is 9.18 Å². The van der Waals surface area contributed by atoms with Gasteiger partial charge < -0.3 is 0 Å². The molecule has 2 aromatic rings. The minimum atomic E-state index is -0.198. The summed E-state index contributed by atoms with van der Waals surface area (Å²) in [5, 5.41) is 0. The van der Waals surface area contributed by atoms with Crippen LogP contribution in [0.2, 0.25) is 0 Å². The zero-order chi connectivity index (χ0) is 12.4. The van der Waals surface area contributed by atoms with E-state index in [9.17, 15) is 9.18 Å². The smallest absolute Gasteiger partial charge is 0.150 e. The van der Waals surface area contributed by atoms with E-state index >= 15 is 0 Å². The summed E-state index contributed by atoms with van der Waals surface area (Å²) in [5.74, 6) is -0.198. The number of aldehydes is 1. The van der Waals surface area contributed by atoms with Gasteiger partial charge in [0.25, 0.3) is 0 Å². The van der Waals surface area contributed by atoms with Gasteiger partial charge >= 0.3 is 0 Å². The van der Waals surface area contributed by atoms with Gasteiger partial charge in [0.2, 0.25) is 0 Å². The van der Waals surface area contributed by atoms with Gasteiger partial charge in [0, 0.05) is 5.56 Å². The molecule has 0 unspecified atom stereocenters. The third kappa shape index (κ3) is 2.26. The van der Waals surface area contributed by atoms with E-state index in [0.717, 1.165) is 23.0 Å². The predicted octanol–water partition coefficient (Wildman–Crippen LogP) is 3.92. The molecule has 0 aliphatic rings. The van der Waals surface area contributed by atoms with Crippen molar-refractivity contribution in [1.82, 2.24) is 0 Å². The first kappa shape index (κ1) is 11.5. The number of halogens is 1. The lowest BCUT2D eigenvalue weighted by molar-refractivity contribution is 0.112. The molecule has 86 valence electrons. The van der Waals surface area contributed by atoms with Crippen LogP contribution >= 0.6 is 0 Å². The van der Waals surface area contributed by atoms with Crippen molar-refractivity contribution in [2.24, 2.45) is 0 Å². The molecule has 2 heteroatoms. The summed E-state index contributed by atoms with van der Waals surface area (Å²) < 4.78 is 13.2. The van der Waals surface area contributed by atoms with Gasteiger partial charge in [-0.3, -0.25) is 4.79 Å². The number of carbonyl (C=O) groups is 1. The monoisotopic (exact) mass is 228 g/mol. The zero-order valence-corrected chi connectivity index (χ0v) is 9.83. The summed E-state index contributed by atoms with van der Waals surface area (Å²) in [6, 6.07) is 10.5. The largest absolute Gasteiger partial charge is 0.298 e. The topological polar surface area (TPSA) is 17.1 Å². The van der Waals surface area contributed by atoms with Gasteiger partial charge in [-0.25, -0.2) is 4.39 Å². The van der Waals surface area contributed by atoms with E-state index < -0.39 is 0 Å². The van der Waals surface area contributed by atoms with Gasteiger partial charge in [-0.05, 0) is 54.3 Å². The van der Waals surface area contributed by atoms with E-state index in [-0.39, 0.29) is 5.82 Å². The van der Waals surface area contributed by atoms with Crippen molar-refractivity contribution in [3.8, 4) is 11.1 Å². The Labute approximate surface area is 99.9 Å². The predicted molar refractivity (Wildman–Crippen MR) is 66.7 cm³/mol. The summed E-state index contributed by atoms with van der Waals surface area (Å²) in [7, 11) is 0. The minimum Gasteiger partial charge on any atom is -0.298 e. The molecular formula is C15H13FO. The van der Waals surface area contributed by atoms with Crippen LogP contribution in [0.1, 0.15) is 21.5 Å². The summed E-state index contributed by atoms with van der Waals surface area (Å²) in [5.41, 5.74) is 4.30. The second kappa shape index (κ2) is 4.50. The van der Waals surface area contributed by atoms with Crippen molar-refractivity contribution in [3.05, 3.63) is 58.9 Å². The zero-order valence-electron chi connectivity index (χ0n) is 9.83. The highest BCUT2D eigenvalue weighted by molar-refractivity contribution is 5.78. The highest BCUT2D eigenvalue weighted by atomic mass is 19.1. The lowest BCUT2D eigenvalue weighted by Crippen LogP contribution is -1.89. The molecule has 1 nitrogen and oxygen atoms in total. The molecule has 2 aromatic carbocycles. The Balaban J connectivity index is 2.52. The molecule has 0 aliphatic carbocycles. The Morgan fingerprint density at radius 1 is 1.00 bits per heavy atom. The van der Waals surface area contributed by atoms with Crippen LogP contribution in [0.4, 0.5) is 4.39 Å². The van der Waals surface area contributed by atoms with Gasteiger partial charge in [0.1, 0.15) is 12.1 Å². The number of rotatable bonds is 2. The molecule has 0 aromatic heterocycles. The average molecular weight is 228 g/mol. The first-order valence-electron chi connectivity index (χ1n) is 5.44. The fourth-order valence-corrected chi connectivity index (χ4v) is 1.90. The average Bonchev–Trinajstić information content (AvgIpc) is 2.32. The second-order valence-corrected chi connectivity index (χ2v) is 4.16. The first-order chi connectivity index (χ1) is 8.11. The first-order valence-corrected chi connectivity index (χ1v) is 5.44. The molecule has 0 saturated heterocycles. The SMILES string of the molecule is Cc1cc(-c2ccc(C=O)cc2C)ccc1F. The Hall–Kier alpha value is -1.96. The van der Waals surface area contributed by atoms with Crippen molar-refractivity contribution in [2.75, 3.05) is 0 Å². The minimum absolute atomic E-state index is 0.198. The highest BCUT2D eigenvalue weighted by Gasteiger charge is 2.05. The van der Waals surface area contributed by atoms with Crippen LogP contribution < -0.4 is 0 Å².